The molecule has 1 amide bonds. The van der Waals surface area contributed by atoms with Gasteiger partial charge in [0.05, 0.1) is 29.6 Å². The number of amides is 1. The Morgan fingerprint density at radius 3 is 2.58 bits per heavy atom. The zero-order valence-electron chi connectivity index (χ0n) is 19.6. The van der Waals surface area contributed by atoms with Gasteiger partial charge in [-0.3, -0.25) is 9.59 Å². The molecule has 0 N–H and O–H groups in total. The number of pyridine rings is 1. The quantitative estimate of drug-likeness (QED) is 0.343. The molecule has 2 aromatic heterocycles. The van der Waals surface area contributed by atoms with E-state index in [1.54, 1.807) is 10.6 Å². The fraction of sp³-hybridized carbons (Fsp3) is 0.417. The van der Waals surface area contributed by atoms with E-state index in [-0.39, 0.29) is 53.7 Å². The number of nitrogens with zero attached hydrogens (tertiary/aromatic N) is 3. The molecule has 1 aliphatic heterocycles. The molecule has 1 aromatic carbocycles. The lowest BCUT2D eigenvalue weighted by Gasteiger charge is -2.16. The number of hydrogen-bond donors (Lipinski definition) is 0. The van der Waals surface area contributed by atoms with Crippen LogP contribution in [0.5, 0.6) is 0 Å². The van der Waals surface area contributed by atoms with E-state index in [2.05, 4.69) is 0 Å². The van der Waals surface area contributed by atoms with Gasteiger partial charge in [-0.2, -0.15) is 17.4 Å². The van der Waals surface area contributed by atoms with Crippen molar-refractivity contribution in [3.05, 3.63) is 58.4 Å². The van der Waals surface area contributed by atoms with Crippen molar-refractivity contribution in [1.82, 2.24) is 14.0 Å². The summed E-state index contributed by atoms with van der Waals surface area (Å²) >= 11 is -0.301. The van der Waals surface area contributed by atoms with Crippen molar-refractivity contribution in [3.8, 4) is 11.1 Å². The van der Waals surface area contributed by atoms with Crippen LogP contribution in [0, 0.1) is 5.82 Å². The third-order valence-corrected chi connectivity index (χ3v) is 6.67. The van der Waals surface area contributed by atoms with E-state index in [1.165, 1.54) is 23.4 Å². The average molecular weight is 531 g/mol. The third-order valence-electron chi connectivity index (χ3n) is 6.03. The average Bonchev–Trinajstić information content (AvgIpc) is 3.39. The van der Waals surface area contributed by atoms with Crippen LogP contribution in [0.1, 0.15) is 12.0 Å². The molecule has 4 rings (SSSR count). The summed E-state index contributed by atoms with van der Waals surface area (Å²) in [4.78, 5) is 27.4. The zero-order chi connectivity index (χ0) is 26.2. The highest BCUT2D eigenvalue weighted by atomic mass is 32.2. The summed E-state index contributed by atoms with van der Waals surface area (Å²) in [6.45, 7) is 0.510. The number of aromatic nitrogens is 2. The summed E-state index contributed by atoms with van der Waals surface area (Å²) < 4.78 is 76.0. The van der Waals surface area contributed by atoms with Crippen LogP contribution in [-0.4, -0.2) is 58.3 Å². The molecule has 1 saturated heterocycles. The lowest BCUT2D eigenvalue weighted by atomic mass is 10.0. The Bertz CT molecular complexity index is 1340. The number of benzene rings is 1. The molecule has 36 heavy (non-hydrogen) atoms. The van der Waals surface area contributed by atoms with Gasteiger partial charge in [0.15, 0.2) is 0 Å². The molecule has 0 bridgehead atoms. The lowest BCUT2D eigenvalue weighted by Crippen LogP contribution is -2.35. The maximum Gasteiger partial charge on any atom is 0.419 e. The maximum atomic E-state index is 13.9. The molecule has 1 aliphatic rings. The predicted octanol–water partition coefficient (Wildman–Crippen LogP) is 4.01. The number of fused-ring (bicyclic) bond motifs is 1. The van der Waals surface area contributed by atoms with Gasteiger partial charge in [-0.1, -0.05) is 6.07 Å². The molecule has 1 atom stereocenters. The third kappa shape index (κ3) is 5.44. The Morgan fingerprint density at radius 1 is 1.19 bits per heavy atom. The van der Waals surface area contributed by atoms with Crippen molar-refractivity contribution in [2.45, 2.75) is 31.9 Å². The lowest BCUT2D eigenvalue weighted by molar-refractivity contribution is -0.140. The first kappa shape index (κ1) is 26.2. The maximum absolute atomic E-state index is 13.9. The van der Waals surface area contributed by atoms with E-state index in [0.717, 1.165) is 10.6 Å². The highest BCUT2D eigenvalue weighted by molar-refractivity contribution is 7.90. The van der Waals surface area contributed by atoms with Gasteiger partial charge in [0.1, 0.15) is 48.8 Å². The molecule has 3 heterocycles. The van der Waals surface area contributed by atoms with E-state index >= 15 is 0 Å². The molecule has 0 saturated carbocycles. The van der Waals surface area contributed by atoms with Crippen molar-refractivity contribution < 1.29 is 30.9 Å². The van der Waals surface area contributed by atoms with Crippen molar-refractivity contribution >= 4 is 28.0 Å². The first-order valence-electron chi connectivity index (χ1n) is 11.2. The van der Waals surface area contributed by atoms with Crippen LogP contribution in [-0.2, 0) is 39.4 Å². The standard InChI is InChI=1S/C24H25F5N3O3S/c1-36(2)35-10-9-30-13-17(15-3-4-19(26)18(11-15)24(27,28)29)22-20(30)6-8-32(23(22)34)14-21(33)31-7-5-16(25)12-31/h3-4,6,8,11,13,16H,5,7,9-10,12,14H2,1-2H3/q+1. The molecule has 0 spiro atoms. The van der Waals surface area contributed by atoms with Crippen LogP contribution in [0.15, 0.2) is 41.5 Å². The zero-order valence-corrected chi connectivity index (χ0v) is 20.5. The Morgan fingerprint density at radius 2 is 1.94 bits per heavy atom. The number of carbonyl (C=O) groups excluding carboxylic acids is 1. The topological polar surface area (TPSA) is 56.5 Å². The Kier molecular flexibility index (Phi) is 7.46. The molecule has 0 aliphatic carbocycles. The van der Waals surface area contributed by atoms with E-state index in [4.69, 9.17) is 4.18 Å². The fourth-order valence-corrected chi connectivity index (χ4v) is 4.69. The van der Waals surface area contributed by atoms with E-state index in [9.17, 15) is 31.5 Å². The van der Waals surface area contributed by atoms with Gasteiger partial charge in [-0.15, -0.1) is 0 Å². The van der Waals surface area contributed by atoms with E-state index in [1.807, 2.05) is 12.5 Å². The van der Waals surface area contributed by atoms with Crippen LogP contribution < -0.4 is 5.56 Å². The second kappa shape index (κ2) is 10.3. The summed E-state index contributed by atoms with van der Waals surface area (Å²) in [5.41, 5.74) is -1.39. The van der Waals surface area contributed by atoms with Crippen molar-refractivity contribution in [2.75, 3.05) is 32.2 Å². The number of likely N-dealkylation sites (tertiary alicyclic amines) is 1. The van der Waals surface area contributed by atoms with Crippen LogP contribution in [0.25, 0.3) is 22.0 Å². The Hall–Kier alpha value is -2.86. The molecular weight excluding hydrogens is 505 g/mol. The minimum Gasteiger partial charge on any atom is -0.344 e. The molecule has 3 aromatic rings. The first-order chi connectivity index (χ1) is 17.0. The van der Waals surface area contributed by atoms with Gasteiger partial charge >= 0.3 is 6.18 Å². The van der Waals surface area contributed by atoms with Crippen LogP contribution in [0.2, 0.25) is 0 Å². The van der Waals surface area contributed by atoms with Crippen molar-refractivity contribution in [2.24, 2.45) is 0 Å². The molecule has 12 heteroatoms. The largest absolute Gasteiger partial charge is 0.419 e. The minimum absolute atomic E-state index is 0.0140. The van der Waals surface area contributed by atoms with Gasteiger partial charge < -0.3 is 14.0 Å². The molecule has 1 fully saturated rings. The van der Waals surface area contributed by atoms with Gasteiger partial charge in [0, 0.05) is 24.5 Å². The minimum atomic E-state index is -4.92. The van der Waals surface area contributed by atoms with Crippen LogP contribution >= 0.6 is 0 Å². The number of carbonyl (C=O) groups is 1. The molecule has 1 unspecified atom stereocenters. The molecule has 194 valence electrons. The summed E-state index contributed by atoms with van der Waals surface area (Å²) in [6.07, 6.45) is 0.951. The van der Waals surface area contributed by atoms with Crippen molar-refractivity contribution in [3.63, 3.8) is 0 Å². The van der Waals surface area contributed by atoms with Gasteiger partial charge in [-0.25, -0.2) is 8.78 Å². The summed E-state index contributed by atoms with van der Waals surface area (Å²) in [5, 5.41) is 0.0989. The molecule has 6 nitrogen and oxygen atoms in total. The molecule has 0 radical (unpaired) electrons. The van der Waals surface area contributed by atoms with Crippen molar-refractivity contribution in [1.29, 1.82) is 0 Å². The summed E-state index contributed by atoms with van der Waals surface area (Å²) in [7, 11) is 0. The second-order valence-electron chi connectivity index (χ2n) is 8.73. The predicted molar refractivity (Wildman–Crippen MR) is 128 cm³/mol. The second-order valence-corrected chi connectivity index (χ2v) is 10.4. The van der Waals surface area contributed by atoms with Crippen LogP contribution in [0.4, 0.5) is 22.0 Å². The SMILES string of the molecule is C[S+](C)OCCn1cc(-c2ccc(F)c(C(F)(F)F)c2)c2c(=O)n(CC(=O)N3CCC(F)C3)ccc21. The highest BCUT2D eigenvalue weighted by Gasteiger charge is 2.34. The number of alkyl halides is 4. The smallest absolute Gasteiger partial charge is 0.344 e. The van der Waals surface area contributed by atoms with Gasteiger partial charge in [0.2, 0.25) is 5.91 Å². The Labute approximate surface area is 206 Å². The van der Waals surface area contributed by atoms with Gasteiger partial charge in [0.25, 0.3) is 5.56 Å². The summed E-state index contributed by atoms with van der Waals surface area (Å²) in [6, 6.07) is 4.18. The highest BCUT2D eigenvalue weighted by Crippen LogP contribution is 2.36. The van der Waals surface area contributed by atoms with Gasteiger partial charge in [-0.05, 0) is 30.2 Å². The number of rotatable bonds is 7. The Balaban J connectivity index is 1.80. The number of halogens is 5. The van der Waals surface area contributed by atoms with E-state index < -0.39 is 35.2 Å². The molecular formula is C24H25F5N3O3S+. The number of hydrogen-bond acceptors (Lipinski definition) is 3. The monoisotopic (exact) mass is 530 g/mol. The van der Waals surface area contributed by atoms with E-state index in [0.29, 0.717) is 24.7 Å². The normalized spacial score (nSPS) is 16.4. The van der Waals surface area contributed by atoms with Crippen LogP contribution in [0.3, 0.4) is 0 Å². The summed E-state index contributed by atoms with van der Waals surface area (Å²) in [5.74, 6) is -1.84. The first-order valence-corrected chi connectivity index (χ1v) is 13.1. The fourth-order valence-electron chi connectivity index (χ4n) is 4.28.